The lowest BCUT2D eigenvalue weighted by atomic mass is 10.1. The molecule has 86 valence electrons. The van der Waals surface area contributed by atoms with Crippen molar-refractivity contribution in [2.24, 2.45) is 0 Å². The van der Waals surface area contributed by atoms with Gasteiger partial charge in [0, 0.05) is 11.8 Å². The van der Waals surface area contributed by atoms with Gasteiger partial charge in [-0.05, 0) is 25.1 Å². The minimum atomic E-state index is -0.548. The van der Waals surface area contributed by atoms with Crippen molar-refractivity contribution in [2.45, 2.75) is 6.92 Å². The Morgan fingerprint density at radius 1 is 1.35 bits per heavy atom. The van der Waals surface area contributed by atoms with E-state index in [0.717, 1.165) is 11.8 Å². The van der Waals surface area contributed by atoms with E-state index in [2.05, 4.69) is 10.3 Å². The van der Waals surface area contributed by atoms with Crippen LogP contribution < -0.4 is 5.32 Å². The summed E-state index contributed by atoms with van der Waals surface area (Å²) in [6.45, 7) is 1.89. The lowest BCUT2D eigenvalue weighted by Crippen LogP contribution is -2.13. The topological polar surface area (TPSA) is 42.0 Å². The molecule has 0 spiro atoms. The number of halogens is 1. The molecule has 0 atom stereocenters. The van der Waals surface area contributed by atoms with Crippen LogP contribution in [0.5, 0.6) is 0 Å². The second-order valence-corrected chi connectivity index (χ2v) is 3.68. The Labute approximate surface area is 98.3 Å². The maximum absolute atomic E-state index is 13.3. The number of nitrogens with one attached hydrogen (secondary N) is 1. The van der Waals surface area contributed by atoms with Gasteiger partial charge in [-0.2, -0.15) is 0 Å². The van der Waals surface area contributed by atoms with Crippen molar-refractivity contribution in [3.63, 3.8) is 0 Å². The molecule has 1 N–H and O–H groups in total. The Kier molecular flexibility index (Phi) is 3.14. The van der Waals surface area contributed by atoms with Crippen LogP contribution >= 0.6 is 0 Å². The van der Waals surface area contributed by atoms with E-state index in [4.69, 9.17) is 0 Å². The third-order valence-electron chi connectivity index (χ3n) is 2.30. The Morgan fingerprint density at radius 2 is 2.18 bits per heavy atom. The summed E-state index contributed by atoms with van der Waals surface area (Å²) in [6, 6.07) is 8.52. The fourth-order valence-corrected chi connectivity index (χ4v) is 1.46. The summed E-state index contributed by atoms with van der Waals surface area (Å²) in [5.74, 6) is -0.882. The molecule has 0 aliphatic heterocycles. The SMILES string of the molecule is Cc1cccc(C(=O)Nc2ccncc2F)c1. The van der Waals surface area contributed by atoms with E-state index in [9.17, 15) is 9.18 Å². The minimum Gasteiger partial charge on any atom is -0.319 e. The Bertz CT molecular complexity index is 555. The number of hydrogen-bond acceptors (Lipinski definition) is 2. The highest BCUT2D eigenvalue weighted by molar-refractivity contribution is 6.04. The molecule has 1 heterocycles. The van der Waals surface area contributed by atoms with Crippen molar-refractivity contribution < 1.29 is 9.18 Å². The highest BCUT2D eigenvalue weighted by Gasteiger charge is 2.08. The minimum absolute atomic E-state index is 0.131. The second kappa shape index (κ2) is 4.74. The third-order valence-corrected chi connectivity index (χ3v) is 2.30. The van der Waals surface area contributed by atoms with Crippen molar-refractivity contribution in [3.8, 4) is 0 Å². The highest BCUT2D eigenvalue weighted by atomic mass is 19.1. The van der Waals surface area contributed by atoms with Crippen molar-refractivity contribution >= 4 is 11.6 Å². The zero-order valence-corrected chi connectivity index (χ0v) is 9.27. The maximum Gasteiger partial charge on any atom is 0.255 e. The van der Waals surface area contributed by atoms with Gasteiger partial charge in [0.05, 0.1) is 11.9 Å². The molecule has 4 heteroatoms. The standard InChI is InChI=1S/C13H11FN2O/c1-9-3-2-4-10(7-9)13(17)16-12-5-6-15-8-11(12)14/h2-8H,1H3,(H,15,16,17). The fraction of sp³-hybridized carbons (Fsp3) is 0.0769. The molecule has 3 nitrogen and oxygen atoms in total. The number of benzene rings is 1. The third kappa shape index (κ3) is 2.66. The molecular formula is C13H11FN2O. The van der Waals surface area contributed by atoms with Crippen LogP contribution in [0.2, 0.25) is 0 Å². The van der Waals surface area contributed by atoms with Gasteiger partial charge in [0.1, 0.15) is 0 Å². The van der Waals surface area contributed by atoms with Crippen LogP contribution in [0.1, 0.15) is 15.9 Å². The number of hydrogen-bond donors (Lipinski definition) is 1. The molecule has 0 radical (unpaired) electrons. The molecule has 2 aromatic rings. The van der Waals surface area contributed by atoms with E-state index >= 15 is 0 Å². The molecule has 0 saturated carbocycles. The van der Waals surface area contributed by atoms with Gasteiger partial charge < -0.3 is 5.32 Å². The van der Waals surface area contributed by atoms with Crippen molar-refractivity contribution in [3.05, 3.63) is 59.7 Å². The first-order valence-corrected chi connectivity index (χ1v) is 5.14. The highest BCUT2D eigenvalue weighted by Crippen LogP contribution is 2.13. The van der Waals surface area contributed by atoms with Crippen LogP contribution in [0.25, 0.3) is 0 Å². The van der Waals surface area contributed by atoms with Gasteiger partial charge in [0.15, 0.2) is 5.82 Å². The molecule has 0 fully saturated rings. The number of amides is 1. The van der Waals surface area contributed by atoms with Crippen LogP contribution in [0.3, 0.4) is 0 Å². The molecule has 0 bridgehead atoms. The van der Waals surface area contributed by atoms with Crippen LogP contribution in [0.15, 0.2) is 42.7 Å². The quantitative estimate of drug-likeness (QED) is 0.861. The molecule has 17 heavy (non-hydrogen) atoms. The van der Waals surface area contributed by atoms with E-state index < -0.39 is 5.82 Å². The number of aromatic nitrogens is 1. The molecule has 0 saturated heterocycles. The van der Waals surface area contributed by atoms with Crippen LogP contribution in [-0.2, 0) is 0 Å². The first-order chi connectivity index (χ1) is 8.16. The monoisotopic (exact) mass is 230 g/mol. The smallest absolute Gasteiger partial charge is 0.255 e. The normalized spacial score (nSPS) is 10.0. The molecular weight excluding hydrogens is 219 g/mol. The average molecular weight is 230 g/mol. The van der Waals surface area contributed by atoms with Gasteiger partial charge in [-0.3, -0.25) is 9.78 Å². The summed E-state index contributed by atoms with van der Waals surface area (Å²) in [7, 11) is 0. The summed E-state index contributed by atoms with van der Waals surface area (Å²) in [6.07, 6.45) is 2.49. The number of carbonyl (C=O) groups is 1. The number of rotatable bonds is 2. The molecule has 1 aromatic carbocycles. The van der Waals surface area contributed by atoms with Crippen LogP contribution in [0, 0.1) is 12.7 Å². The second-order valence-electron chi connectivity index (χ2n) is 3.68. The predicted molar refractivity (Wildman–Crippen MR) is 63.3 cm³/mol. The van der Waals surface area contributed by atoms with Gasteiger partial charge in [-0.15, -0.1) is 0 Å². The Hall–Kier alpha value is -2.23. The lowest BCUT2D eigenvalue weighted by molar-refractivity contribution is 0.102. The van der Waals surface area contributed by atoms with Gasteiger partial charge in [0.2, 0.25) is 0 Å². The summed E-state index contributed by atoms with van der Waals surface area (Å²) < 4.78 is 13.3. The van der Waals surface area contributed by atoms with Gasteiger partial charge in [0.25, 0.3) is 5.91 Å². The number of carbonyl (C=O) groups excluding carboxylic acids is 1. The first kappa shape index (κ1) is 11.3. The van der Waals surface area contributed by atoms with Crippen molar-refractivity contribution in [1.82, 2.24) is 4.98 Å². The summed E-state index contributed by atoms with van der Waals surface area (Å²) >= 11 is 0. The largest absolute Gasteiger partial charge is 0.319 e. The molecule has 1 amide bonds. The lowest BCUT2D eigenvalue weighted by Gasteiger charge is -2.06. The van der Waals surface area contributed by atoms with E-state index in [1.807, 2.05) is 13.0 Å². The van der Waals surface area contributed by atoms with E-state index in [-0.39, 0.29) is 11.6 Å². The summed E-state index contributed by atoms with van der Waals surface area (Å²) in [5.41, 5.74) is 1.61. The maximum atomic E-state index is 13.3. The summed E-state index contributed by atoms with van der Waals surface area (Å²) in [4.78, 5) is 15.4. The van der Waals surface area contributed by atoms with Gasteiger partial charge in [-0.1, -0.05) is 17.7 Å². The number of nitrogens with zero attached hydrogens (tertiary/aromatic N) is 1. The van der Waals surface area contributed by atoms with Crippen LogP contribution in [-0.4, -0.2) is 10.9 Å². The zero-order chi connectivity index (χ0) is 12.3. The summed E-state index contributed by atoms with van der Waals surface area (Å²) in [5, 5.41) is 2.50. The van der Waals surface area contributed by atoms with Gasteiger partial charge in [-0.25, -0.2) is 4.39 Å². The number of aryl methyl sites for hydroxylation is 1. The molecule has 0 aliphatic carbocycles. The Morgan fingerprint density at radius 3 is 2.88 bits per heavy atom. The number of pyridine rings is 1. The average Bonchev–Trinajstić information content (AvgIpc) is 2.32. The van der Waals surface area contributed by atoms with Crippen molar-refractivity contribution in [2.75, 3.05) is 5.32 Å². The first-order valence-electron chi connectivity index (χ1n) is 5.14. The molecule has 1 aromatic heterocycles. The van der Waals surface area contributed by atoms with Crippen LogP contribution in [0.4, 0.5) is 10.1 Å². The van der Waals surface area contributed by atoms with E-state index in [1.165, 1.54) is 12.3 Å². The fourth-order valence-electron chi connectivity index (χ4n) is 1.46. The zero-order valence-electron chi connectivity index (χ0n) is 9.27. The van der Waals surface area contributed by atoms with Crippen molar-refractivity contribution in [1.29, 1.82) is 0 Å². The molecule has 2 rings (SSSR count). The van der Waals surface area contributed by atoms with Gasteiger partial charge >= 0.3 is 0 Å². The Balaban J connectivity index is 2.20. The molecule has 0 aliphatic rings. The van der Waals surface area contributed by atoms with E-state index in [1.54, 1.807) is 18.2 Å². The van der Waals surface area contributed by atoms with E-state index in [0.29, 0.717) is 5.56 Å². The number of anilines is 1. The molecule has 0 unspecified atom stereocenters. The predicted octanol–water partition coefficient (Wildman–Crippen LogP) is 2.78.